The lowest BCUT2D eigenvalue weighted by molar-refractivity contribution is 0.0137. The van der Waals surface area contributed by atoms with E-state index in [0.717, 1.165) is 24.0 Å². The van der Waals surface area contributed by atoms with Gasteiger partial charge >= 0.3 is 6.09 Å². The monoisotopic (exact) mass is 397 g/mol. The lowest BCUT2D eigenvalue weighted by Gasteiger charge is -2.39. The number of amides is 1. The number of carbonyl (C=O) groups excluding carboxylic acids is 1. The van der Waals surface area contributed by atoms with Crippen LogP contribution in [-0.4, -0.2) is 74.4 Å². The summed E-state index contributed by atoms with van der Waals surface area (Å²) in [6.07, 6.45) is 1.46. The van der Waals surface area contributed by atoms with Crippen LogP contribution in [0.15, 0.2) is 41.7 Å². The van der Waals surface area contributed by atoms with E-state index >= 15 is 0 Å². The average Bonchev–Trinajstić information content (AvgIpc) is 3.32. The number of guanidine groups is 1. The molecule has 0 radical (unpaired) electrons. The van der Waals surface area contributed by atoms with E-state index in [-0.39, 0.29) is 12.1 Å². The van der Waals surface area contributed by atoms with Gasteiger partial charge in [0.25, 0.3) is 0 Å². The largest absolute Gasteiger partial charge is 0.444 e. The van der Waals surface area contributed by atoms with Crippen molar-refractivity contribution in [1.29, 1.82) is 0 Å². The molecule has 2 aliphatic rings. The molecule has 0 saturated carbocycles. The highest BCUT2D eigenvalue weighted by Crippen LogP contribution is 2.19. The Balaban J connectivity index is 1.34. The van der Waals surface area contributed by atoms with Crippen molar-refractivity contribution in [3.63, 3.8) is 0 Å². The van der Waals surface area contributed by atoms with Gasteiger partial charge in [0, 0.05) is 25.3 Å². The third kappa shape index (κ3) is 4.33. The van der Waals surface area contributed by atoms with Gasteiger partial charge in [-0.05, 0) is 32.9 Å². The third-order valence-electron chi connectivity index (χ3n) is 4.92. The second-order valence-electron chi connectivity index (χ2n) is 8.24. The Labute approximate surface area is 170 Å². The molecule has 1 aromatic carbocycles. The summed E-state index contributed by atoms with van der Waals surface area (Å²) in [6.45, 7) is 8.79. The molecule has 1 unspecified atom stereocenters. The summed E-state index contributed by atoms with van der Waals surface area (Å²) >= 11 is 0. The minimum atomic E-state index is -0.484. The van der Waals surface area contributed by atoms with E-state index in [4.69, 9.17) is 4.74 Å². The average molecular weight is 397 g/mol. The van der Waals surface area contributed by atoms with Crippen molar-refractivity contribution in [2.75, 3.05) is 26.2 Å². The van der Waals surface area contributed by atoms with Gasteiger partial charge in [-0.3, -0.25) is 9.56 Å². The molecule has 0 aliphatic carbocycles. The Kier molecular flexibility index (Phi) is 5.12. The SMILES string of the molecule is CC(C)(C)OC(=O)N1CCN2C(NCc3nncn3-c3ccccc3)=NCC2C1. The smallest absolute Gasteiger partial charge is 0.410 e. The van der Waals surface area contributed by atoms with Gasteiger partial charge < -0.3 is 19.9 Å². The first kappa shape index (κ1) is 19.2. The molecule has 0 spiro atoms. The molecule has 3 heterocycles. The van der Waals surface area contributed by atoms with Gasteiger partial charge in [0.1, 0.15) is 11.9 Å². The molecular formula is C20H27N7O2. The van der Waals surface area contributed by atoms with Gasteiger partial charge in [0.15, 0.2) is 11.8 Å². The summed E-state index contributed by atoms with van der Waals surface area (Å²) in [6, 6.07) is 10.2. The second kappa shape index (κ2) is 7.73. The number of aliphatic imine (C=N–C) groups is 1. The first-order valence-electron chi connectivity index (χ1n) is 9.88. The zero-order valence-electron chi connectivity index (χ0n) is 17.1. The van der Waals surface area contributed by atoms with Crippen molar-refractivity contribution in [1.82, 2.24) is 29.9 Å². The number of hydrogen-bond donors (Lipinski definition) is 1. The maximum atomic E-state index is 12.4. The Morgan fingerprint density at radius 1 is 1.24 bits per heavy atom. The van der Waals surface area contributed by atoms with Crippen molar-refractivity contribution in [2.45, 2.75) is 39.0 Å². The van der Waals surface area contributed by atoms with Gasteiger partial charge in [-0.25, -0.2) is 4.79 Å². The van der Waals surface area contributed by atoms with Crippen LogP contribution in [0.25, 0.3) is 5.69 Å². The number of para-hydroxylation sites is 1. The molecule has 9 heteroatoms. The number of carbonyl (C=O) groups is 1. The number of piperazine rings is 1. The predicted molar refractivity (Wildman–Crippen MR) is 109 cm³/mol. The first-order chi connectivity index (χ1) is 13.9. The quantitative estimate of drug-likeness (QED) is 0.847. The molecule has 2 aromatic rings. The number of hydrogen-bond acceptors (Lipinski definition) is 7. The molecule has 4 rings (SSSR count). The van der Waals surface area contributed by atoms with Gasteiger partial charge in [0.05, 0.1) is 19.1 Å². The second-order valence-corrected chi connectivity index (χ2v) is 8.24. The molecule has 1 aromatic heterocycles. The van der Waals surface area contributed by atoms with E-state index in [9.17, 15) is 4.79 Å². The van der Waals surface area contributed by atoms with Gasteiger partial charge in [0.2, 0.25) is 0 Å². The summed E-state index contributed by atoms with van der Waals surface area (Å²) in [7, 11) is 0. The zero-order valence-corrected chi connectivity index (χ0v) is 17.1. The van der Waals surface area contributed by atoms with Crippen molar-refractivity contribution in [3.05, 3.63) is 42.5 Å². The third-order valence-corrected chi connectivity index (χ3v) is 4.92. The van der Waals surface area contributed by atoms with Crippen LogP contribution in [0.3, 0.4) is 0 Å². The lowest BCUT2D eigenvalue weighted by atomic mass is 10.2. The Morgan fingerprint density at radius 2 is 2.03 bits per heavy atom. The minimum Gasteiger partial charge on any atom is -0.444 e. The van der Waals surface area contributed by atoms with Crippen LogP contribution < -0.4 is 5.32 Å². The molecule has 1 saturated heterocycles. The number of benzene rings is 1. The highest BCUT2D eigenvalue weighted by Gasteiger charge is 2.36. The normalized spacial score (nSPS) is 19.0. The summed E-state index contributed by atoms with van der Waals surface area (Å²) in [5.41, 5.74) is 0.536. The number of nitrogens with one attached hydrogen (secondary N) is 1. The van der Waals surface area contributed by atoms with Crippen LogP contribution >= 0.6 is 0 Å². The van der Waals surface area contributed by atoms with E-state index in [1.54, 1.807) is 11.2 Å². The van der Waals surface area contributed by atoms with E-state index in [2.05, 4.69) is 25.4 Å². The molecule has 154 valence electrons. The van der Waals surface area contributed by atoms with Gasteiger partial charge in [-0.2, -0.15) is 0 Å². The maximum Gasteiger partial charge on any atom is 0.410 e. The number of fused-ring (bicyclic) bond motifs is 1. The number of ether oxygens (including phenoxy) is 1. The van der Waals surface area contributed by atoms with Crippen LogP contribution in [0.2, 0.25) is 0 Å². The fourth-order valence-electron chi connectivity index (χ4n) is 3.56. The Bertz CT molecular complexity index is 888. The fourth-order valence-corrected chi connectivity index (χ4v) is 3.56. The van der Waals surface area contributed by atoms with Crippen molar-refractivity contribution < 1.29 is 9.53 Å². The standard InChI is InChI=1S/C20H27N7O2/c1-20(2,3)29-19(28)25-9-10-26-16(13-25)11-21-18(26)22-12-17-24-23-14-27(17)15-7-5-4-6-8-15/h4-8,14,16H,9-13H2,1-3H3,(H,21,22). The fraction of sp³-hybridized carbons (Fsp3) is 0.500. The van der Waals surface area contributed by atoms with Crippen LogP contribution in [0.5, 0.6) is 0 Å². The Hall–Kier alpha value is -3.10. The molecule has 1 fully saturated rings. The predicted octanol–water partition coefficient (Wildman–Crippen LogP) is 1.65. The molecule has 9 nitrogen and oxygen atoms in total. The number of aromatic nitrogens is 3. The summed E-state index contributed by atoms with van der Waals surface area (Å²) in [5, 5.41) is 11.7. The topological polar surface area (TPSA) is 87.9 Å². The lowest BCUT2D eigenvalue weighted by Crippen LogP contribution is -2.57. The van der Waals surface area contributed by atoms with Gasteiger partial charge in [-0.1, -0.05) is 18.2 Å². The maximum absolute atomic E-state index is 12.4. The first-order valence-corrected chi connectivity index (χ1v) is 9.88. The molecular weight excluding hydrogens is 370 g/mol. The summed E-state index contributed by atoms with van der Waals surface area (Å²) < 4.78 is 7.46. The van der Waals surface area contributed by atoms with E-state index in [1.165, 1.54) is 0 Å². The molecule has 0 bridgehead atoms. The molecule has 1 atom stereocenters. The van der Waals surface area contributed by atoms with Crippen LogP contribution in [-0.2, 0) is 11.3 Å². The van der Waals surface area contributed by atoms with Crippen molar-refractivity contribution in [3.8, 4) is 5.69 Å². The van der Waals surface area contributed by atoms with Crippen LogP contribution in [0.1, 0.15) is 26.6 Å². The number of nitrogens with zero attached hydrogens (tertiary/aromatic N) is 6. The number of rotatable bonds is 3. The van der Waals surface area contributed by atoms with E-state index in [0.29, 0.717) is 26.2 Å². The molecule has 1 N–H and O–H groups in total. The highest BCUT2D eigenvalue weighted by atomic mass is 16.6. The minimum absolute atomic E-state index is 0.172. The van der Waals surface area contributed by atoms with Crippen molar-refractivity contribution in [2.24, 2.45) is 4.99 Å². The Morgan fingerprint density at radius 3 is 2.79 bits per heavy atom. The zero-order chi connectivity index (χ0) is 20.4. The summed E-state index contributed by atoms with van der Waals surface area (Å²) in [5.74, 6) is 1.66. The van der Waals surface area contributed by atoms with E-state index < -0.39 is 5.60 Å². The van der Waals surface area contributed by atoms with Crippen LogP contribution in [0.4, 0.5) is 4.79 Å². The highest BCUT2D eigenvalue weighted by molar-refractivity contribution is 5.82. The molecule has 29 heavy (non-hydrogen) atoms. The van der Waals surface area contributed by atoms with E-state index in [1.807, 2.05) is 55.7 Å². The summed E-state index contributed by atoms with van der Waals surface area (Å²) in [4.78, 5) is 21.0. The molecule has 2 aliphatic heterocycles. The molecule has 1 amide bonds. The van der Waals surface area contributed by atoms with Gasteiger partial charge in [-0.15, -0.1) is 10.2 Å². The van der Waals surface area contributed by atoms with Crippen molar-refractivity contribution >= 4 is 12.1 Å². The van der Waals surface area contributed by atoms with Crippen LogP contribution in [0, 0.1) is 0 Å².